The molecule has 1 aromatic carbocycles. The molecule has 1 fully saturated rings. The Balaban J connectivity index is 1.60. The number of benzene rings is 1. The molecule has 0 radical (unpaired) electrons. The first-order valence-electron chi connectivity index (χ1n) is 10.6. The Labute approximate surface area is 191 Å². The standard InChI is InChI=1S/C24H29BrN4O2/c1-16-14-27(5)10-11-28(16)19-8-6-17(7-9-19)18-12-20-21(25)15-29(22(20)26-13-18)23(30)31-24(2,3)4/h6-9,12-13,15-16H,10-11,14H2,1-5H3/t16-/m1/s1. The maximum atomic E-state index is 12.5. The van der Waals surface area contributed by atoms with Crippen molar-refractivity contribution >= 4 is 38.7 Å². The summed E-state index contributed by atoms with van der Waals surface area (Å²) in [6.07, 6.45) is 3.09. The number of carbonyl (C=O) groups excluding carboxylic acids is 1. The summed E-state index contributed by atoms with van der Waals surface area (Å²) in [4.78, 5) is 22.0. The smallest absolute Gasteiger partial charge is 0.420 e. The second kappa shape index (κ2) is 8.28. The van der Waals surface area contributed by atoms with Gasteiger partial charge in [0.1, 0.15) is 5.60 Å². The molecule has 1 atom stereocenters. The number of pyridine rings is 1. The van der Waals surface area contributed by atoms with Gasteiger partial charge in [-0.3, -0.25) is 0 Å². The van der Waals surface area contributed by atoms with Gasteiger partial charge in [0.25, 0.3) is 0 Å². The van der Waals surface area contributed by atoms with E-state index in [2.05, 4.69) is 75.0 Å². The number of nitrogens with zero attached hydrogens (tertiary/aromatic N) is 4. The fourth-order valence-corrected chi connectivity index (χ4v) is 4.54. The van der Waals surface area contributed by atoms with Crippen LogP contribution in [0.2, 0.25) is 0 Å². The van der Waals surface area contributed by atoms with Gasteiger partial charge < -0.3 is 14.5 Å². The first-order chi connectivity index (χ1) is 14.6. The Morgan fingerprint density at radius 1 is 1.16 bits per heavy atom. The summed E-state index contributed by atoms with van der Waals surface area (Å²) < 4.78 is 7.76. The molecule has 164 valence electrons. The number of likely N-dealkylation sites (N-methyl/N-ethyl adjacent to an activating group) is 1. The second-order valence-electron chi connectivity index (χ2n) is 9.27. The van der Waals surface area contributed by atoms with Crippen LogP contribution < -0.4 is 4.90 Å². The Morgan fingerprint density at radius 3 is 2.52 bits per heavy atom. The molecule has 0 spiro atoms. The molecule has 1 aliphatic rings. The van der Waals surface area contributed by atoms with Gasteiger partial charge in [0.05, 0.1) is 0 Å². The fraction of sp³-hybridized carbons (Fsp3) is 0.417. The molecule has 0 bridgehead atoms. The van der Waals surface area contributed by atoms with Crippen molar-refractivity contribution in [2.75, 3.05) is 31.6 Å². The zero-order valence-electron chi connectivity index (χ0n) is 18.7. The van der Waals surface area contributed by atoms with Crippen molar-refractivity contribution in [1.82, 2.24) is 14.5 Å². The Kier molecular flexibility index (Phi) is 5.83. The predicted octanol–water partition coefficient (Wildman–Crippen LogP) is 5.39. The lowest BCUT2D eigenvalue weighted by molar-refractivity contribution is 0.0543. The summed E-state index contributed by atoms with van der Waals surface area (Å²) in [5.41, 5.74) is 3.36. The Morgan fingerprint density at radius 2 is 1.87 bits per heavy atom. The molecule has 7 heteroatoms. The molecule has 0 amide bonds. The number of piperazine rings is 1. The molecule has 0 unspecified atom stereocenters. The normalized spacial score (nSPS) is 17.9. The van der Waals surface area contributed by atoms with Gasteiger partial charge >= 0.3 is 6.09 Å². The maximum Gasteiger partial charge on any atom is 0.420 e. The number of hydrogen-bond donors (Lipinski definition) is 0. The summed E-state index contributed by atoms with van der Waals surface area (Å²) in [6, 6.07) is 11.2. The lowest BCUT2D eigenvalue weighted by Crippen LogP contribution is -2.50. The van der Waals surface area contributed by atoms with Gasteiger partial charge in [-0.05, 0) is 74.4 Å². The monoisotopic (exact) mass is 484 g/mol. The van der Waals surface area contributed by atoms with Crippen LogP contribution in [0.3, 0.4) is 0 Å². The van der Waals surface area contributed by atoms with E-state index in [1.807, 2.05) is 27.0 Å². The number of halogens is 1. The van der Waals surface area contributed by atoms with Gasteiger partial charge in [0, 0.05) is 59.2 Å². The van der Waals surface area contributed by atoms with E-state index >= 15 is 0 Å². The molecule has 0 aliphatic carbocycles. The van der Waals surface area contributed by atoms with Crippen LogP contribution in [0.1, 0.15) is 27.7 Å². The highest BCUT2D eigenvalue weighted by atomic mass is 79.9. The minimum atomic E-state index is -0.566. The highest BCUT2D eigenvalue weighted by molar-refractivity contribution is 9.10. The van der Waals surface area contributed by atoms with E-state index in [1.165, 1.54) is 10.3 Å². The summed E-state index contributed by atoms with van der Waals surface area (Å²) in [6.45, 7) is 11.0. The van der Waals surface area contributed by atoms with Gasteiger partial charge in [-0.2, -0.15) is 0 Å². The van der Waals surface area contributed by atoms with Gasteiger partial charge in [0.2, 0.25) is 0 Å². The van der Waals surface area contributed by atoms with Gasteiger partial charge in [0.15, 0.2) is 5.65 Å². The third-order valence-corrected chi connectivity index (χ3v) is 6.18. The molecule has 31 heavy (non-hydrogen) atoms. The molecule has 0 saturated carbocycles. The summed E-state index contributed by atoms with van der Waals surface area (Å²) in [7, 11) is 2.17. The van der Waals surface area contributed by atoms with Crippen molar-refractivity contribution in [3.05, 3.63) is 47.2 Å². The van der Waals surface area contributed by atoms with Gasteiger partial charge in [-0.15, -0.1) is 0 Å². The number of rotatable bonds is 2. The average Bonchev–Trinajstić information content (AvgIpc) is 3.03. The molecular formula is C24H29BrN4O2. The van der Waals surface area contributed by atoms with Gasteiger partial charge in [-0.1, -0.05) is 12.1 Å². The molecule has 3 heterocycles. The molecule has 1 aliphatic heterocycles. The summed E-state index contributed by atoms with van der Waals surface area (Å²) in [5, 5.41) is 0.875. The van der Waals surface area contributed by atoms with Crippen molar-refractivity contribution in [3.63, 3.8) is 0 Å². The van der Waals surface area contributed by atoms with E-state index in [4.69, 9.17) is 4.74 Å². The minimum absolute atomic E-state index is 0.436. The number of carbonyl (C=O) groups is 1. The maximum absolute atomic E-state index is 12.5. The number of hydrogen-bond acceptors (Lipinski definition) is 5. The highest BCUT2D eigenvalue weighted by Gasteiger charge is 2.23. The third kappa shape index (κ3) is 4.62. The number of anilines is 1. The first-order valence-corrected chi connectivity index (χ1v) is 11.4. The van der Waals surface area contributed by atoms with E-state index in [0.717, 1.165) is 40.6 Å². The van der Waals surface area contributed by atoms with Crippen LogP contribution in [0.25, 0.3) is 22.2 Å². The quantitative estimate of drug-likeness (QED) is 0.487. The zero-order chi connectivity index (χ0) is 22.3. The van der Waals surface area contributed by atoms with Crippen LogP contribution in [-0.2, 0) is 4.74 Å². The largest absolute Gasteiger partial charge is 0.443 e. The topological polar surface area (TPSA) is 50.6 Å². The van der Waals surface area contributed by atoms with Gasteiger partial charge in [-0.25, -0.2) is 14.3 Å². The third-order valence-electron chi connectivity index (χ3n) is 5.55. The number of aromatic nitrogens is 2. The molecule has 3 aromatic rings. The lowest BCUT2D eigenvalue weighted by atomic mass is 10.1. The average molecular weight is 485 g/mol. The zero-order valence-corrected chi connectivity index (χ0v) is 20.3. The molecule has 0 N–H and O–H groups in total. The molecule has 4 rings (SSSR count). The molecule has 6 nitrogen and oxygen atoms in total. The van der Waals surface area contributed by atoms with Crippen LogP contribution in [0.15, 0.2) is 47.2 Å². The van der Waals surface area contributed by atoms with E-state index in [0.29, 0.717) is 11.7 Å². The van der Waals surface area contributed by atoms with Crippen LogP contribution >= 0.6 is 15.9 Å². The molecule has 1 saturated heterocycles. The number of ether oxygens (including phenoxy) is 1. The van der Waals surface area contributed by atoms with E-state index in [-0.39, 0.29) is 0 Å². The summed E-state index contributed by atoms with van der Waals surface area (Å²) in [5.74, 6) is 0. The molecule has 2 aromatic heterocycles. The highest BCUT2D eigenvalue weighted by Crippen LogP contribution is 2.31. The predicted molar refractivity (Wildman–Crippen MR) is 129 cm³/mol. The van der Waals surface area contributed by atoms with Crippen LogP contribution in [-0.4, -0.2) is 58.9 Å². The molecular weight excluding hydrogens is 456 g/mol. The van der Waals surface area contributed by atoms with Crippen molar-refractivity contribution in [2.45, 2.75) is 39.3 Å². The second-order valence-corrected chi connectivity index (χ2v) is 10.1. The fourth-order valence-electron chi connectivity index (χ4n) is 4.05. The van der Waals surface area contributed by atoms with Crippen LogP contribution in [0.4, 0.5) is 10.5 Å². The first kappa shape index (κ1) is 21.8. The van der Waals surface area contributed by atoms with Crippen LogP contribution in [0.5, 0.6) is 0 Å². The lowest BCUT2D eigenvalue weighted by Gasteiger charge is -2.39. The van der Waals surface area contributed by atoms with Crippen molar-refractivity contribution in [2.24, 2.45) is 0 Å². The van der Waals surface area contributed by atoms with Crippen molar-refractivity contribution in [3.8, 4) is 11.1 Å². The van der Waals surface area contributed by atoms with Crippen molar-refractivity contribution < 1.29 is 9.53 Å². The minimum Gasteiger partial charge on any atom is -0.443 e. The van der Waals surface area contributed by atoms with Crippen LogP contribution in [0, 0.1) is 0 Å². The van der Waals surface area contributed by atoms with Crippen molar-refractivity contribution in [1.29, 1.82) is 0 Å². The SMILES string of the molecule is C[C@@H]1CN(C)CCN1c1ccc(-c2cnc3c(c2)c(Br)cn3C(=O)OC(C)(C)C)cc1. The van der Waals surface area contributed by atoms with E-state index in [1.54, 1.807) is 6.20 Å². The Hall–Kier alpha value is -2.38. The van der Waals surface area contributed by atoms with E-state index < -0.39 is 11.7 Å². The van der Waals surface area contributed by atoms with E-state index in [9.17, 15) is 4.79 Å². The summed E-state index contributed by atoms with van der Waals surface area (Å²) >= 11 is 3.57. The Bertz CT molecular complexity index is 1100. The number of fused-ring (bicyclic) bond motifs is 1.